The minimum absolute atomic E-state index is 0.0268. The molecular weight excluding hydrogens is 338 g/mol. The van der Waals surface area contributed by atoms with Crippen molar-refractivity contribution in [1.82, 2.24) is 15.2 Å². The zero-order valence-electron chi connectivity index (χ0n) is 13.8. The summed E-state index contributed by atoms with van der Waals surface area (Å²) in [6, 6.07) is 11.2. The number of aromatic nitrogens is 2. The number of rotatable bonds is 6. The molecule has 0 atom stereocenters. The predicted molar refractivity (Wildman–Crippen MR) is 92.9 cm³/mol. The lowest BCUT2D eigenvalue weighted by Crippen LogP contribution is -2.18. The van der Waals surface area contributed by atoms with Gasteiger partial charge >= 0.3 is 0 Å². The van der Waals surface area contributed by atoms with E-state index in [0.717, 1.165) is 11.3 Å². The summed E-state index contributed by atoms with van der Waals surface area (Å²) in [4.78, 5) is 22.2. The van der Waals surface area contributed by atoms with Crippen molar-refractivity contribution in [2.24, 2.45) is 5.10 Å². The molecule has 132 valence electrons. The van der Waals surface area contributed by atoms with E-state index < -0.39 is 10.8 Å². The third-order valence-corrected chi connectivity index (χ3v) is 3.48. The van der Waals surface area contributed by atoms with Gasteiger partial charge in [0.15, 0.2) is 5.69 Å². The number of nitrogens with one attached hydrogen (secondary N) is 1. The van der Waals surface area contributed by atoms with E-state index in [2.05, 4.69) is 15.6 Å². The lowest BCUT2D eigenvalue weighted by Gasteiger charge is -2.01. The van der Waals surface area contributed by atoms with E-state index in [1.54, 1.807) is 41.2 Å². The summed E-state index contributed by atoms with van der Waals surface area (Å²) in [5.41, 5.74) is 3.44. The number of hydrogen-bond donors (Lipinski definition) is 1. The normalized spacial score (nSPS) is 11.0. The molecule has 2 heterocycles. The monoisotopic (exact) mass is 353 g/mol. The first-order valence-corrected chi connectivity index (χ1v) is 7.68. The van der Waals surface area contributed by atoms with Crippen LogP contribution in [0.5, 0.6) is 0 Å². The number of hydrogen-bond acceptors (Lipinski definition) is 6. The number of non-ortho nitro benzene ring substituents is 1. The molecule has 0 saturated carbocycles. The van der Waals surface area contributed by atoms with Crippen molar-refractivity contribution in [1.29, 1.82) is 0 Å². The van der Waals surface area contributed by atoms with E-state index >= 15 is 0 Å². The molecular formula is C17H15N5O4. The summed E-state index contributed by atoms with van der Waals surface area (Å²) in [7, 11) is 0. The van der Waals surface area contributed by atoms with Crippen LogP contribution in [-0.2, 0) is 6.54 Å². The van der Waals surface area contributed by atoms with Gasteiger partial charge in [-0.25, -0.2) is 5.43 Å². The van der Waals surface area contributed by atoms with E-state index in [4.69, 9.17) is 4.42 Å². The van der Waals surface area contributed by atoms with Gasteiger partial charge in [0, 0.05) is 18.3 Å². The van der Waals surface area contributed by atoms with Crippen molar-refractivity contribution in [3.63, 3.8) is 0 Å². The number of carbonyl (C=O) groups is 1. The molecule has 26 heavy (non-hydrogen) atoms. The molecule has 9 nitrogen and oxygen atoms in total. The third kappa shape index (κ3) is 4.20. The first-order chi connectivity index (χ1) is 12.5. The van der Waals surface area contributed by atoms with Crippen LogP contribution in [0.25, 0.3) is 0 Å². The number of nitro groups is 1. The summed E-state index contributed by atoms with van der Waals surface area (Å²) in [6.45, 7) is 2.20. The average molecular weight is 353 g/mol. The Bertz CT molecular complexity index is 956. The summed E-state index contributed by atoms with van der Waals surface area (Å²) < 4.78 is 6.87. The highest BCUT2D eigenvalue weighted by atomic mass is 16.6. The van der Waals surface area contributed by atoms with Crippen LogP contribution in [0.1, 0.15) is 27.6 Å². The number of benzene rings is 1. The maximum absolute atomic E-state index is 12.0. The fourth-order valence-electron chi connectivity index (χ4n) is 2.22. The number of amides is 1. The molecule has 0 unspecified atom stereocenters. The Hall–Kier alpha value is -3.75. The van der Waals surface area contributed by atoms with Crippen LogP contribution in [-0.4, -0.2) is 26.8 Å². The van der Waals surface area contributed by atoms with E-state index in [9.17, 15) is 14.9 Å². The molecule has 0 spiro atoms. The van der Waals surface area contributed by atoms with Gasteiger partial charge in [-0.3, -0.25) is 19.6 Å². The lowest BCUT2D eigenvalue weighted by atomic mass is 10.2. The molecule has 0 aliphatic rings. The molecule has 9 heteroatoms. The third-order valence-electron chi connectivity index (χ3n) is 3.48. The Kier molecular flexibility index (Phi) is 4.88. The summed E-state index contributed by atoms with van der Waals surface area (Å²) in [5.74, 6) is 0.834. The van der Waals surface area contributed by atoms with E-state index in [-0.39, 0.29) is 11.4 Å². The maximum Gasteiger partial charge on any atom is 0.291 e. The molecule has 0 fully saturated rings. The van der Waals surface area contributed by atoms with Gasteiger partial charge in [0.2, 0.25) is 0 Å². The highest BCUT2D eigenvalue weighted by Gasteiger charge is 2.09. The molecule has 0 aliphatic carbocycles. The van der Waals surface area contributed by atoms with Gasteiger partial charge in [-0.2, -0.15) is 10.2 Å². The van der Waals surface area contributed by atoms with Crippen LogP contribution in [0, 0.1) is 17.0 Å². The van der Waals surface area contributed by atoms with Gasteiger partial charge in [0.25, 0.3) is 11.6 Å². The number of nitro benzene ring substituents is 1. The van der Waals surface area contributed by atoms with Gasteiger partial charge in [-0.15, -0.1) is 0 Å². The Morgan fingerprint density at radius 3 is 2.73 bits per heavy atom. The fraction of sp³-hybridized carbons (Fsp3) is 0.118. The number of carbonyl (C=O) groups excluding carboxylic acids is 1. The highest BCUT2D eigenvalue weighted by Crippen LogP contribution is 2.12. The van der Waals surface area contributed by atoms with Crippen molar-refractivity contribution in [2.45, 2.75) is 13.5 Å². The minimum atomic E-state index is -0.454. The van der Waals surface area contributed by atoms with E-state index in [1.807, 2.05) is 6.92 Å². The molecule has 0 radical (unpaired) electrons. The van der Waals surface area contributed by atoms with Crippen molar-refractivity contribution in [3.8, 4) is 0 Å². The van der Waals surface area contributed by atoms with Crippen molar-refractivity contribution >= 4 is 17.8 Å². The van der Waals surface area contributed by atoms with Crippen molar-refractivity contribution < 1.29 is 14.1 Å². The molecule has 3 aromatic rings. The standard InChI is InChI=1S/C17H15N5O4/c1-12-2-7-15(26-12)10-18-19-17(23)16-8-9-21(20-16)11-13-3-5-14(6-4-13)22(24)25/h2-10H,11H2,1H3,(H,19,23). The molecule has 1 aromatic carbocycles. The lowest BCUT2D eigenvalue weighted by molar-refractivity contribution is -0.384. The van der Waals surface area contributed by atoms with Gasteiger partial charge < -0.3 is 4.42 Å². The summed E-state index contributed by atoms with van der Waals surface area (Å²) in [5, 5.41) is 18.6. The van der Waals surface area contributed by atoms with Crippen LogP contribution >= 0.6 is 0 Å². The molecule has 0 aliphatic heterocycles. The van der Waals surface area contributed by atoms with Crippen LogP contribution < -0.4 is 5.43 Å². The Labute approximate surface area is 148 Å². The predicted octanol–water partition coefficient (Wildman–Crippen LogP) is 2.50. The molecule has 1 amide bonds. The van der Waals surface area contributed by atoms with Crippen LogP contribution in [0.15, 0.2) is 58.2 Å². The van der Waals surface area contributed by atoms with Gasteiger partial charge in [-0.05, 0) is 30.7 Å². The zero-order chi connectivity index (χ0) is 18.5. The number of hydrazone groups is 1. The fourth-order valence-corrected chi connectivity index (χ4v) is 2.22. The van der Waals surface area contributed by atoms with Crippen LogP contribution in [0.3, 0.4) is 0 Å². The van der Waals surface area contributed by atoms with Crippen molar-refractivity contribution in [2.75, 3.05) is 0 Å². The Balaban J connectivity index is 1.59. The quantitative estimate of drug-likeness (QED) is 0.415. The van der Waals surface area contributed by atoms with Crippen LogP contribution in [0.2, 0.25) is 0 Å². The first-order valence-electron chi connectivity index (χ1n) is 7.68. The van der Waals surface area contributed by atoms with Gasteiger partial charge in [0.1, 0.15) is 11.5 Å². The smallest absolute Gasteiger partial charge is 0.291 e. The Morgan fingerprint density at radius 2 is 2.08 bits per heavy atom. The highest BCUT2D eigenvalue weighted by molar-refractivity contribution is 5.92. The van der Waals surface area contributed by atoms with Crippen molar-refractivity contribution in [3.05, 3.63) is 81.6 Å². The van der Waals surface area contributed by atoms with Gasteiger partial charge in [0.05, 0.1) is 17.7 Å². The molecule has 0 bridgehead atoms. The average Bonchev–Trinajstić information content (AvgIpc) is 3.24. The summed E-state index contributed by atoms with van der Waals surface area (Å²) in [6.07, 6.45) is 3.05. The molecule has 2 aromatic heterocycles. The Morgan fingerprint density at radius 1 is 1.31 bits per heavy atom. The molecule has 1 N–H and O–H groups in total. The van der Waals surface area contributed by atoms with Crippen LogP contribution in [0.4, 0.5) is 5.69 Å². The topological polar surface area (TPSA) is 116 Å². The zero-order valence-corrected chi connectivity index (χ0v) is 13.8. The SMILES string of the molecule is Cc1ccc(C=NNC(=O)c2ccn(Cc3ccc([N+](=O)[O-])cc3)n2)o1. The summed E-state index contributed by atoms with van der Waals surface area (Å²) >= 11 is 0. The second-order valence-corrected chi connectivity index (χ2v) is 5.47. The second kappa shape index (κ2) is 7.43. The maximum atomic E-state index is 12.0. The second-order valence-electron chi connectivity index (χ2n) is 5.47. The van der Waals surface area contributed by atoms with E-state index in [0.29, 0.717) is 12.3 Å². The van der Waals surface area contributed by atoms with Gasteiger partial charge in [-0.1, -0.05) is 12.1 Å². The largest absolute Gasteiger partial charge is 0.460 e. The van der Waals surface area contributed by atoms with E-state index in [1.165, 1.54) is 18.3 Å². The number of aryl methyl sites for hydroxylation is 1. The minimum Gasteiger partial charge on any atom is -0.460 e. The molecule has 0 saturated heterocycles. The first kappa shape index (κ1) is 17.1. The molecule has 3 rings (SSSR count). The number of nitrogens with zero attached hydrogens (tertiary/aromatic N) is 4. The number of furan rings is 1.